The third-order valence-corrected chi connectivity index (χ3v) is 3.93. The molecule has 0 heterocycles. The number of nitrogens with two attached hydrogens (primary N) is 1. The second kappa shape index (κ2) is 3.33. The molecule has 0 amide bonds. The topological polar surface area (TPSA) is 26.0 Å². The van der Waals surface area contributed by atoms with Gasteiger partial charge in [0.05, 0.1) is 0 Å². The summed E-state index contributed by atoms with van der Waals surface area (Å²) in [7, 11) is 0. The van der Waals surface area contributed by atoms with Gasteiger partial charge in [-0.3, -0.25) is 0 Å². The van der Waals surface area contributed by atoms with E-state index in [9.17, 15) is 0 Å². The van der Waals surface area contributed by atoms with Crippen LogP contribution in [0.15, 0.2) is 36.4 Å². The van der Waals surface area contributed by atoms with Crippen molar-refractivity contribution >= 4 is 10.8 Å². The van der Waals surface area contributed by atoms with Gasteiger partial charge < -0.3 is 5.73 Å². The summed E-state index contributed by atoms with van der Waals surface area (Å²) in [5, 5.41) is 2.77. The van der Waals surface area contributed by atoms with Gasteiger partial charge in [-0.1, -0.05) is 36.4 Å². The fourth-order valence-electron chi connectivity index (χ4n) is 2.70. The van der Waals surface area contributed by atoms with Crippen LogP contribution in [0.2, 0.25) is 0 Å². The van der Waals surface area contributed by atoms with Gasteiger partial charge in [0.2, 0.25) is 0 Å². The van der Waals surface area contributed by atoms with Crippen LogP contribution in [0.1, 0.15) is 24.0 Å². The van der Waals surface area contributed by atoms with E-state index in [4.69, 9.17) is 5.73 Å². The van der Waals surface area contributed by atoms with Crippen LogP contribution in [0.25, 0.3) is 10.8 Å². The number of fused-ring (bicyclic) bond motifs is 1. The molecule has 3 rings (SSSR count). The molecule has 1 nitrogen and oxygen atoms in total. The van der Waals surface area contributed by atoms with E-state index in [1.165, 1.54) is 34.7 Å². The van der Waals surface area contributed by atoms with Crippen LogP contribution in [-0.4, -0.2) is 6.54 Å². The molecular weight excluding hydrogens is 194 g/mol. The maximum atomic E-state index is 5.94. The van der Waals surface area contributed by atoms with Crippen molar-refractivity contribution in [3.05, 3.63) is 47.5 Å². The maximum Gasteiger partial charge on any atom is 0.00824 e. The van der Waals surface area contributed by atoms with Crippen LogP contribution in [0.4, 0.5) is 0 Å². The Kier molecular flexibility index (Phi) is 2.05. The van der Waals surface area contributed by atoms with Gasteiger partial charge in [-0.2, -0.15) is 0 Å². The molecule has 1 saturated carbocycles. The molecule has 0 aromatic heterocycles. The Morgan fingerprint density at radius 2 is 1.81 bits per heavy atom. The summed E-state index contributed by atoms with van der Waals surface area (Å²) in [6.07, 6.45) is 2.49. The minimum Gasteiger partial charge on any atom is -0.330 e. The van der Waals surface area contributed by atoms with Crippen molar-refractivity contribution in [1.29, 1.82) is 0 Å². The van der Waals surface area contributed by atoms with Crippen molar-refractivity contribution in [2.45, 2.75) is 25.2 Å². The Balaban J connectivity index is 2.33. The van der Waals surface area contributed by atoms with Crippen LogP contribution < -0.4 is 5.73 Å². The second-order valence-corrected chi connectivity index (χ2v) is 4.96. The molecule has 16 heavy (non-hydrogen) atoms. The molecule has 2 aromatic carbocycles. The van der Waals surface area contributed by atoms with Crippen molar-refractivity contribution in [1.82, 2.24) is 0 Å². The van der Waals surface area contributed by atoms with Crippen molar-refractivity contribution in [2.24, 2.45) is 5.73 Å². The van der Waals surface area contributed by atoms with Gasteiger partial charge >= 0.3 is 0 Å². The van der Waals surface area contributed by atoms with E-state index in [-0.39, 0.29) is 5.41 Å². The summed E-state index contributed by atoms with van der Waals surface area (Å²) in [4.78, 5) is 0. The largest absolute Gasteiger partial charge is 0.330 e. The predicted octanol–water partition coefficient (Wildman–Crippen LogP) is 3.14. The van der Waals surface area contributed by atoms with Crippen LogP contribution >= 0.6 is 0 Å². The zero-order valence-electron chi connectivity index (χ0n) is 9.66. The molecule has 1 aliphatic carbocycles. The van der Waals surface area contributed by atoms with Crippen molar-refractivity contribution in [3.63, 3.8) is 0 Å². The molecule has 0 atom stereocenters. The van der Waals surface area contributed by atoms with Crippen LogP contribution in [0.5, 0.6) is 0 Å². The molecule has 0 unspecified atom stereocenters. The zero-order valence-corrected chi connectivity index (χ0v) is 9.66. The SMILES string of the molecule is Cc1cccc2cccc(C3(CN)CC3)c12. The van der Waals surface area contributed by atoms with E-state index in [0.29, 0.717) is 0 Å². The molecule has 1 heteroatoms. The summed E-state index contributed by atoms with van der Waals surface area (Å²) in [6, 6.07) is 13.1. The molecule has 0 saturated heterocycles. The fourth-order valence-corrected chi connectivity index (χ4v) is 2.70. The lowest BCUT2D eigenvalue weighted by Gasteiger charge is -2.17. The highest BCUT2D eigenvalue weighted by Crippen LogP contribution is 2.49. The first-order valence-corrected chi connectivity index (χ1v) is 5.96. The average Bonchev–Trinajstić information content (AvgIpc) is 3.10. The van der Waals surface area contributed by atoms with Gasteiger partial charge in [-0.25, -0.2) is 0 Å². The molecular formula is C15H17N. The summed E-state index contributed by atoms with van der Waals surface area (Å²) >= 11 is 0. The van der Waals surface area contributed by atoms with Crippen LogP contribution in [0, 0.1) is 6.92 Å². The lowest BCUT2D eigenvalue weighted by molar-refractivity contribution is 0.711. The number of rotatable bonds is 2. The number of benzene rings is 2. The van der Waals surface area contributed by atoms with E-state index < -0.39 is 0 Å². The highest BCUT2D eigenvalue weighted by Gasteiger charge is 2.43. The number of hydrogen-bond donors (Lipinski definition) is 1. The molecule has 2 N–H and O–H groups in total. The highest BCUT2D eigenvalue weighted by molar-refractivity contribution is 5.90. The molecule has 0 bridgehead atoms. The van der Waals surface area contributed by atoms with Crippen molar-refractivity contribution in [3.8, 4) is 0 Å². The number of hydrogen-bond acceptors (Lipinski definition) is 1. The number of aryl methyl sites for hydroxylation is 1. The Morgan fingerprint density at radius 3 is 2.44 bits per heavy atom. The van der Waals surface area contributed by atoms with E-state index in [0.717, 1.165) is 6.54 Å². The Morgan fingerprint density at radius 1 is 1.12 bits per heavy atom. The van der Waals surface area contributed by atoms with Crippen LogP contribution in [-0.2, 0) is 5.41 Å². The first-order valence-electron chi connectivity index (χ1n) is 5.96. The summed E-state index contributed by atoms with van der Waals surface area (Å²) < 4.78 is 0. The van der Waals surface area contributed by atoms with Gasteiger partial charge in [0.25, 0.3) is 0 Å². The minimum absolute atomic E-state index is 0.283. The van der Waals surface area contributed by atoms with E-state index >= 15 is 0 Å². The smallest absolute Gasteiger partial charge is 0.00824 e. The molecule has 2 aromatic rings. The first kappa shape index (κ1) is 9.86. The fraction of sp³-hybridized carbons (Fsp3) is 0.333. The zero-order chi connectivity index (χ0) is 11.2. The molecule has 0 spiro atoms. The molecule has 0 aliphatic heterocycles. The van der Waals surface area contributed by atoms with Gasteiger partial charge in [0, 0.05) is 12.0 Å². The highest BCUT2D eigenvalue weighted by atomic mass is 14.7. The lowest BCUT2D eigenvalue weighted by atomic mass is 9.89. The molecule has 1 aliphatic rings. The van der Waals surface area contributed by atoms with Crippen molar-refractivity contribution in [2.75, 3.05) is 6.54 Å². The van der Waals surface area contributed by atoms with Gasteiger partial charge in [0.15, 0.2) is 0 Å². The summed E-state index contributed by atoms with van der Waals surface area (Å²) in [5.74, 6) is 0. The van der Waals surface area contributed by atoms with Crippen molar-refractivity contribution < 1.29 is 0 Å². The first-order chi connectivity index (χ1) is 7.77. The molecule has 82 valence electrons. The normalized spacial score (nSPS) is 17.6. The Bertz CT molecular complexity index is 533. The van der Waals surface area contributed by atoms with Gasteiger partial charge in [-0.05, 0) is 41.7 Å². The lowest BCUT2D eigenvalue weighted by Crippen LogP contribution is -2.20. The van der Waals surface area contributed by atoms with E-state index in [1.807, 2.05) is 0 Å². The quantitative estimate of drug-likeness (QED) is 0.811. The maximum absolute atomic E-state index is 5.94. The average molecular weight is 211 g/mol. The summed E-state index contributed by atoms with van der Waals surface area (Å²) in [6.45, 7) is 2.97. The summed E-state index contributed by atoms with van der Waals surface area (Å²) in [5.41, 5.74) is 9.06. The van der Waals surface area contributed by atoms with E-state index in [2.05, 4.69) is 43.3 Å². The monoisotopic (exact) mass is 211 g/mol. The minimum atomic E-state index is 0.283. The van der Waals surface area contributed by atoms with Gasteiger partial charge in [-0.15, -0.1) is 0 Å². The van der Waals surface area contributed by atoms with Gasteiger partial charge in [0.1, 0.15) is 0 Å². The standard InChI is InChI=1S/C15H17N/c1-11-4-2-5-12-6-3-7-13(14(11)12)15(10-16)8-9-15/h2-7H,8-10,16H2,1H3. The third-order valence-electron chi connectivity index (χ3n) is 3.93. The third kappa shape index (κ3) is 1.28. The molecule has 1 fully saturated rings. The molecule has 0 radical (unpaired) electrons. The van der Waals surface area contributed by atoms with Crippen LogP contribution in [0.3, 0.4) is 0 Å². The van der Waals surface area contributed by atoms with E-state index in [1.54, 1.807) is 0 Å². The Hall–Kier alpha value is -1.34. The second-order valence-electron chi connectivity index (χ2n) is 4.96. The Labute approximate surface area is 96.3 Å². The predicted molar refractivity (Wildman–Crippen MR) is 68.7 cm³/mol.